The molecule has 17 heavy (non-hydrogen) atoms. The summed E-state index contributed by atoms with van der Waals surface area (Å²) in [5.41, 5.74) is 3.60. The van der Waals surface area contributed by atoms with Gasteiger partial charge in [0.05, 0.1) is 11.8 Å². The smallest absolute Gasteiger partial charge is 0.196 e. The highest BCUT2D eigenvalue weighted by atomic mass is 16.1. The molecule has 2 aromatic rings. The van der Waals surface area contributed by atoms with Crippen LogP contribution in [0.3, 0.4) is 0 Å². The lowest BCUT2D eigenvalue weighted by atomic mass is 9.98. The van der Waals surface area contributed by atoms with E-state index in [0.29, 0.717) is 5.56 Å². The molecule has 1 aromatic carbocycles. The maximum atomic E-state index is 12.3. The third kappa shape index (κ3) is 2.13. The minimum atomic E-state index is 0.0471. The summed E-state index contributed by atoms with van der Waals surface area (Å²) in [4.78, 5) is 12.3. The first-order valence-electron chi connectivity index (χ1n) is 5.77. The van der Waals surface area contributed by atoms with Crippen molar-refractivity contribution in [2.75, 3.05) is 0 Å². The molecular formula is C14H16N2O. The van der Waals surface area contributed by atoms with E-state index < -0.39 is 0 Å². The van der Waals surface area contributed by atoms with E-state index in [1.54, 1.807) is 17.1 Å². The van der Waals surface area contributed by atoms with Gasteiger partial charge in [0.2, 0.25) is 0 Å². The van der Waals surface area contributed by atoms with E-state index in [1.807, 2.05) is 39.0 Å². The van der Waals surface area contributed by atoms with Crippen LogP contribution in [-0.4, -0.2) is 15.6 Å². The third-order valence-electron chi connectivity index (χ3n) is 3.07. The van der Waals surface area contributed by atoms with Gasteiger partial charge in [-0.25, -0.2) is 0 Å². The molecule has 3 heteroatoms. The number of nitrogens with zero attached hydrogens (tertiary/aromatic N) is 2. The topological polar surface area (TPSA) is 34.9 Å². The lowest BCUT2D eigenvalue weighted by Gasteiger charge is -2.05. The van der Waals surface area contributed by atoms with Gasteiger partial charge in [0.1, 0.15) is 0 Å². The minimum absolute atomic E-state index is 0.0471. The van der Waals surface area contributed by atoms with Crippen molar-refractivity contribution in [1.29, 1.82) is 0 Å². The summed E-state index contributed by atoms with van der Waals surface area (Å²) in [5.74, 6) is 0.0471. The van der Waals surface area contributed by atoms with Crippen molar-refractivity contribution >= 4 is 5.78 Å². The number of carbonyl (C=O) groups is 1. The Morgan fingerprint density at radius 2 is 2.12 bits per heavy atom. The fourth-order valence-electron chi connectivity index (χ4n) is 1.81. The molecule has 0 aliphatic heterocycles. The molecule has 88 valence electrons. The maximum absolute atomic E-state index is 12.3. The number of aromatic nitrogens is 2. The second-order valence-electron chi connectivity index (χ2n) is 4.16. The van der Waals surface area contributed by atoms with Gasteiger partial charge in [0.15, 0.2) is 5.78 Å². The Kier molecular flexibility index (Phi) is 3.09. The molecule has 3 nitrogen and oxygen atoms in total. The first-order valence-corrected chi connectivity index (χ1v) is 5.77. The van der Waals surface area contributed by atoms with Crippen LogP contribution in [0.1, 0.15) is 34.0 Å². The molecule has 0 radical (unpaired) electrons. The SMILES string of the molecule is CCn1cc(C(=O)c2cccc(C)c2C)cn1. The van der Waals surface area contributed by atoms with Crippen molar-refractivity contribution in [2.45, 2.75) is 27.3 Å². The number of hydrogen-bond donors (Lipinski definition) is 0. The first kappa shape index (κ1) is 11.6. The highest BCUT2D eigenvalue weighted by Crippen LogP contribution is 2.16. The maximum Gasteiger partial charge on any atom is 0.196 e. The van der Waals surface area contributed by atoms with Crippen LogP contribution in [0.2, 0.25) is 0 Å². The molecule has 0 bridgehead atoms. The number of carbonyl (C=O) groups excluding carboxylic acids is 1. The van der Waals surface area contributed by atoms with Crippen molar-refractivity contribution in [3.05, 3.63) is 52.8 Å². The number of hydrogen-bond acceptors (Lipinski definition) is 2. The Labute approximate surface area is 101 Å². The molecule has 0 fully saturated rings. The molecular weight excluding hydrogens is 212 g/mol. The fraction of sp³-hybridized carbons (Fsp3) is 0.286. The summed E-state index contributed by atoms with van der Waals surface area (Å²) in [7, 11) is 0. The molecule has 0 spiro atoms. The van der Waals surface area contributed by atoms with Gasteiger partial charge >= 0.3 is 0 Å². The zero-order chi connectivity index (χ0) is 12.4. The Bertz CT molecular complexity index is 555. The van der Waals surface area contributed by atoms with Crippen molar-refractivity contribution in [2.24, 2.45) is 0 Å². The molecule has 0 atom stereocenters. The van der Waals surface area contributed by atoms with Gasteiger partial charge in [-0.15, -0.1) is 0 Å². The van der Waals surface area contributed by atoms with E-state index in [0.717, 1.165) is 23.2 Å². The van der Waals surface area contributed by atoms with Gasteiger partial charge in [-0.1, -0.05) is 18.2 Å². The van der Waals surface area contributed by atoms with Crippen LogP contribution in [-0.2, 0) is 6.54 Å². The van der Waals surface area contributed by atoms with Crippen molar-refractivity contribution in [3.63, 3.8) is 0 Å². The van der Waals surface area contributed by atoms with E-state index in [4.69, 9.17) is 0 Å². The van der Waals surface area contributed by atoms with Crippen molar-refractivity contribution in [3.8, 4) is 0 Å². The molecule has 2 rings (SSSR count). The standard InChI is InChI=1S/C14H16N2O/c1-4-16-9-12(8-15-16)14(17)13-7-5-6-10(2)11(13)3/h5-9H,4H2,1-3H3. The van der Waals surface area contributed by atoms with E-state index >= 15 is 0 Å². The summed E-state index contributed by atoms with van der Waals surface area (Å²) in [6, 6.07) is 5.80. The van der Waals surface area contributed by atoms with Crippen LogP contribution in [0.25, 0.3) is 0 Å². The summed E-state index contributed by atoms with van der Waals surface area (Å²) in [5, 5.41) is 4.13. The summed E-state index contributed by atoms with van der Waals surface area (Å²) in [6.45, 7) is 6.77. The summed E-state index contributed by atoms with van der Waals surface area (Å²) >= 11 is 0. The second-order valence-corrected chi connectivity index (χ2v) is 4.16. The molecule has 0 amide bonds. The van der Waals surface area contributed by atoms with E-state index in [1.165, 1.54) is 0 Å². The zero-order valence-electron chi connectivity index (χ0n) is 10.4. The average molecular weight is 228 g/mol. The van der Waals surface area contributed by atoms with Crippen LogP contribution in [0.5, 0.6) is 0 Å². The van der Waals surface area contributed by atoms with Crippen LogP contribution in [0.4, 0.5) is 0 Å². The minimum Gasteiger partial charge on any atom is -0.288 e. The van der Waals surface area contributed by atoms with E-state index in [2.05, 4.69) is 5.10 Å². The molecule has 1 heterocycles. The van der Waals surface area contributed by atoms with Crippen molar-refractivity contribution in [1.82, 2.24) is 9.78 Å². The first-order chi connectivity index (χ1) is 8.13. The second kappa shape index (κ2) is 4.53. The fourth-order valence-corrected chi connectivity index (χ4v) is 1.81. The van der Waals surface area contributed by atoms with Gasteiger partial charge in [-0.3, -0.25) is 9.48 Å². The lowest BCUT2D eigenvalue weighted by molar-refractivity contribution is 0.103. The highest BCUT2D eigenvalue weighted by molar-refractivity contribution is 6.09. The number of rotatable bonds is 3. The van der Waals surface area contributed by atoms with Crippen LogP contribution in [0.15, 0.2) is 30.6 Å². The Morgan fingerprint density at radius 1 is 1.35 bits per heavy atom. The monoisotopic (exact) mass is 228 g/mol. The Morgan fingerprint density at radius 3 is 2.76 bits per heavy atom. The largest absolute Gasteiger partial charge is 0.288 e. The molecule has 0 saturated heterocycles. The summed E-state index contributed by atoms with van der Waals surface area (Å²) < 4.78 is 1.76. The van der Waals surface area contributed by atoms with E-state index in [9.17, 15) is 4.79 Å². The predicted octanol–water partition coefficient (Wildman–Crippen LogP) is 2.75. The predicted molar refractivity (Wildman–Crippen MR) is 67.2 cm³/mol. The molecule has 0 N–H and O–H groups in total. The van der Waals surface area contributed by atoms with Crippen LogP contribution >= 0.6 is 0 Å². The quantitative estimate of drug-likeness (QED) is 0.757. The van der Waals surface area contributed by atoms with Crippen molar-refractivity contribution < 1.29 is 4.79 Å². The molecule has 0 aliphatic rings. The molecule has 0 aliphatic carbocycles. The average Bonchev–Trinajstić information content (AvgIpc) is 2.80. The number of ketones is 1. The van der Waals surface area contributed by atoms with Gasteiger partial charge < -0.3 is 0 Å². The van der Waals surface area contributed by atoms with E-state index in [-0.39, 0.29) is 5.78 Å². The third-order valence-corrected chi connectivity index (χ3v) is 3.07. The van der Waals surface area contributed by atoms with Crippen LogP contribution < -0.4 is 0 Å². The van der Waals surface area contributed by atoms with Gasteiger partial charge in [0.25, 0.3) is 0 Å². The van der Waals surface area contributed by atoms with Crippen LogP contribution in [0, 0.1) is 13.8 Å². The normalized spacial score (nSPS) is 10.5. The summed E-state index contributed by atoms with van der Waals surface area (Å²) in [6.07, 6.45) is 3.43. The van der Waals surface area contributed by atoms with Gasteiger partial charge in [0, 0.05) is 18.3 Å². The number of benzene rings is 1. The van der Waals surface area contributed by atoms with Gasteiger partial charge in [-0.05, 0) is 31.9 Å². The molecule has 1 aromatic heterocycles. The molecule has 0 unspecified atom stereocenters. The Hall–Kier alpha value is -1.90. The zero-order valence-corrected chi connectivity index (χ0v) is 10.4. The highest BCUT2D eigenvalue weighted by Gasteiger charge is 2.14. The Balaban J connectivity index is 2.40. The van der Waals surface area contributed by atoms with Gasteiger partial charge in [-0.2, -0.15) is 5.10 Å². The molecule has 0 saturated carbocycles. The lowest BCUT2D eigenvalue weighted by Crippen LogP contribution is -2.03. The number of aryl methyl sites for hydroxylation is 2.